The molecular formula is C18H17N3O. The van der Waals surface area contributed by atoms with Crippen molar-refractivity contribution in [2.75, 3.05) is 19.1 Å². The molecule has 1 aliphatic rings. The molecule has 2 aromatic carbocycles. The minimum Gasteiger partial charge on any atom is -0.497 e. The summed E-state index contributed by atoms with van der Waals surface area (Å²) in [7, 11) is 3.78. The van der Waals surface area contributed by atoms with Crippen LogP contribution in [-0.2, 0) is 6.67 Å². The Kier molecular flexibility index (Phi) is 2.89. The average molecular weight is 291 g/mol. The van der Waals surface area contributed by atoms with Gasteiger partial charge in [-0.2, -0.15) is 5.10 Å². The van der Waals surface area contributed by atoms with Crippen LogP contribution in [0.15, 0.2) is 54.7 Å². The number of rotatable bonds is 2. The number of ether oxygens (including phenoxy) is 1. The van der Waals surface area contributed by atoms with E-state index in [2.05, 4.69) is 58.1 Å². The fourth-order valence-electron chi connectivity index (χ4n) is 3.04. The second-order valence-corrected chi connectivity index (χ2v) is 5.49. The van der Waals surface area contributed by atoms with Gasteiger partial charge < -0.3 is 9.64 Å². The lowest BCUT2D eigenvalue weighted by molar-refractivity contribution is 0.415. The smallest absolute Gasteiger partial charge is 0.118 e. The molecule has 0 bridgehead atoms. The van der Waals surface area contributed by atoms with Gasteiger partial charge in [0.1, 0.15) is 12.4 Å². The lowest BCUT2D eigenvalue weighted by Crippen LogP contribution is -2.27. The summed E-state index contributed by atoms with van der Waals surface area (Å²) in [4.78, 5) is 2.22. The Morgan fingerprint density at radius 2 is 1.77 bits per heavy atom. The Morgan fingerprint density at radius 1 is 1.00 bits per heavy atom. The van der Waals surface area contributed by atoms with E-state index in [1.54, 1.807) is 7.11 Å². The summed E-state index contributed by atoms with van der Waals surface area (Å²) in [6, 6.07) is 16.6. The molecule has 0 amide bonds. The first-order chi connectivity index (χ1) is 10.8. The monoisotopic (exact) mass is 291 g/mol. The molecular weight excluding hydrogens is 274 g/mol. The second-order valence-electron chi connectivity index (χ2n) is 5.49. The van der Waals surface area contributed by atoms with Crippen LogP contribution < -0.4 is 9.64 Å². The molecule has 1 aromatic heterocycles. The third kappa shape index (κ3) is 1.88. The predicted molar refractivity (Wildman–Crippen MR) is 88.1 cm³/mol. The van der Waals surface area contributed by atoms with Gasteiger partial charge in [0.2, 0.25) is 0 Å². The molecule has 0 unspecified atom stereocenters. The van der Waals surface area contributed by atoms with Crippen LogP contribution in [0.5, 0.6) is 5.75 Å². The Balaban J connectivity index is 1.89. The van der Waals surface area contributed by atoms with Gasteiger partial charge in [-0.05, 0) is 23.8 Å². The fourth-order valence-corrected chi connectivity index (χ4v) is 3.04. The highest BCUT2D eigenvalue weighted by Gasteiger charge is 2.23. The topological polar surface area (TPSA) is 30.3 Å². The van der Waals surface area contributed by atoms with Crippen molar-refractivity contribution in [2.24, 2.45) is 0 Å². The summed E-state index contributed by atoms with van der Waals surface area (Å²) >= 11 is 0. The second kappa shape index (κ2) is 4.91. The number of methoxy groups -OCH3 is 1. The molecule has 2 heterocycles. The normalized spacial score (nSPS) is 12.7. The molecule has 4 nitrogen and oxygen atoms in total. The predicted octanol–water partition coefficient (Wildman–Crippen LogP) is 3.63. The first kappa shape index (κ1) is 13.0. The van der Waals surface area contributed by atoms with Crippen molar-refractivity contribution in [1.82, 2.24) is 9.78 Å². The molecule has 3 aromatic rings. The number of benzene rings is 2. The minimum atomic E-state index is 0.766. The summed E-state index contributed by atoms with van der Waals surface area (Å²) in [6.07, 6.45) is 1.95. The maximum Gasteiger partial charge on any atom is 0.118 e. The van der Waals surface area contributed by atoms with Crippen molar-refractivity contribution >= 4 is 5.69 Å². The molecule has 0 atom stereocenters. The maximum absolute atomic E-state index is 5.24. The van der Waals surface area contributed by atoms with Gasteiger partial charge in [-0.25, -0.2) is 4.68 Å². The van der Waals surface area contributed by atoms with Crippen LogP contribution in [0.25, 0.3) is 22.4 Å². The third-order valence-electron chi connectivity index (χ3n) is 4.16. The maximum atomic E-state index is 5.24. The molecule has 1 aliphatic heterocycles. The van der Waals surface area contributed by atoms with Gasteiger partial charge in [0.25, 0.3) is 0 Å². The Hall–Kier alpha value is -2.75. The van der Waals surface area contributed by atoms with Crippen LogP contribution in [0, 0.1) is 0 Å². The van der Waals surface area contributed by atoms with E-state index in [1.807, 2.05) is 18.3 Å². The van der Waals surface area contributed by atoms with Gasteiger partial charge in [0, 0.05) is 23.9 Å². The van der Waals surface area contributed by atoms with Crippen LogP contribution in [0.2, 0.25) is 0 Å². The quantitative estimate of drug-likeness (QED) is 0.722. The number of anilines is 1. The molecule has 0 aliphatic carbocycles. The van der Waals surface area contributed by atoms with E-state index < -0.39 is 0 Å². The molecule has 4 heteroatoms. The molecule has 110 valence electrons. The minimum absolute atomic E-state index is 0.766. The highest BCUT2D eigenvalue weighted by molar-refractivity contribution is 5.88. The largest absolute Gasteiger partial charge is 0.497 e. The van der Waals surface area contributed by atoms with E-state index in [-0.39, 0.29) is 0 Å². The molecule has 4 rings (SSSR count). The lowest BCUT2D eigenvalue weighted by Gasteiger charge is -2.29. The van der Waals surface area contributed by atoms with Crippen molar-refractivity contribution in [3.05, 3.63) is 54.7 Å². The zero-order chi connectivity index (χ0) is 15.1. The van der Waals surface area contributed by atoms with Crippen molar-refractivity contribution in [3.8, 4) is 28.1 Å². The Morgan fingerprint density at radius 3 is 2.55 bits per heavy atom. The number of fused-ring (bicyclic) bond motifs is 3. The van der Waals surface area contributed by atoms with E-state index in [1.165, 1.54) is 16.9 Å². The van der Waals surface area contributed by atoms with Crippen LogP contribution in [-0.4, -0.2) is 23.9 Å². The molecule has 0 saturated carbocycles. The SMILES string of the molecule is COc1ccc(-c2cnn3c2-c2ccccc2N(C)C3)cc1. The van der Waals surface area contributed by atoms with Gasteiger partial charge in [-0.3, -0.25) is 0 Å². The van der Waals surface area contributed by atoms with Crippen LogP contribution in [0.4, 0.5) is 5.69 Å². The lowest BCUT2D eigenvalue weighted by atomic mass is 9.99. The van der Waals surface area contributed by atoms with Gasteiger partial charge >= 0.3 is 0 Å². The fraction of sp³-hybridized carbons (Fsp3) is 0.167. The highest BCUT2D eigenvalue weighted by Crippen LogP contribution is 2.40. The van der Waals surface area contributed by atoms with Crippen LogP contribution in [0.3, 0.4) is 0 Å². The molecule has 0 fully saturated rings. The van der Waals surface area contributed by atoms with E-state index >= 15 is 0 Å². The molecule has 0 N–H and O–H groups in total. The van der Waals surface area contributed by atoms with E-state index in [9.17, 15) is 0 Å². The Labute approximate surface area is 129 Å². The van der Waals surface area contributed by atoms with E-state index in [0.29, 0.717) is 0 Å². The van der Waals surface area contributed by atoms with Crippen molar-refractivity contribution in [2.45, 2.75) is 6.67 Å². The molecule has 0 radical (unpaired) electrons. The van der Waals surface area contributed by atoms with Gasteiger partial charge in [0.15, 0.2) is 0 Å². The standard InChI is InChI=1S/C18H17N3O/c1-20-12-21-18(15-5-3-4-6-17(15)20)16(11-19-21)13-7-9-14(22-2)10-8-13/h3-11H,12H2,1-2H3. The summed E-state index contributed by atoms with van der Waals surface area (Å²) in [5.41, 5.74) is 5.95. The van der Waals surface area contributed by atoms with Crippen LogP contribution >= 0.6 is 0 Å². The van der Waals surface area contributed by atoms with Crippen molar-refractivity contribution in [1.29, 1.82) is 0 Å². The van der Waals surface area contributed by atoms with E-state index in [4.69, 9.17) is 4.74 Å². The third-order valence-corrected chi connectivity index (χ3v) is 4.16. The van der Waals surface area contributed by atoms with Crippen molar-refractivity contribution < 1.29 is 4.74 Å². The summed E-state index contributed by atoms with van der Waals surface area (Å²) in [5.74, 6) is 0.866. The first-order valence-electron chi connectivity index (χ1n) is 7.28. The highest BCUT2D eigenvalue weighted by atomic mass is 16.5. The molecule has 0 spiro atoms. The van der Waals surface area contributed by atoms with Gasteiger partial charge in [0.05, 0.1) is 19.0 Å². The zero-order valence-corrected chi connectivity index (χ0v) is 12.7. The van der Waals surface area contributed by atoms with Gasteiger partial charge in [-0.15, -0.1) is 0 Å². The summed E-state index contributed by atoms with van der Waals surface area (Å²) in [6.45, 7) is 0.766. The average Bonchev–Trinajstić information content (AvgIpc) is 2.99. The number of aromatic nitrogens is 2. The van der Waals surface area contributed by atoms with Gasteiger partial charge in [-0.1, -0.05) is 30.3 Å². The number of para-hydroxylation sites is 1. The van der Waals surface area contributed by atoms with Crippen LogP contribution in [0.1, 0.15) is 0 Å². The summed E-state index contributed by atoms with van der Waals surface area (Å²) in [5, 5.41) is 4.57. The Bertz CT molecular complexity index is 821. The zero-order valence-electron chi connectivity index (χ0n) is 12.7. The number of hydrogen-bond acceptors (Lipinski definition) is 3. The van der Waals surface area contributed by atoms with Crippen molar-refractivity contribution in [3.63, 3.8) is 0 Å². The first-order valence-corrected chi connectivity index (χ1v) is 7.28. The number of nitrogens with zero attached hydrogens (tertiary/aromatic N) is 3. The summed E-state index contributed by atoms with van der Waals surface area (Å²) < 4.78 is 7.30. The van der Waals surface area contributed by atoms with E-state index in [0.717, 1.165) is 23.5 Å². The number of hydrogen-bond donors (Lipinski definition) is 0. The molecule has 0 saturated heterocycles. The molecule has 22 heavy (non-hydrogen) atoms.